The lowest BCUT2D eigenvalue weighted by molar-refractivity contribution is 0.122. The molecule has 2 aliphatic heterocycles. The fraction of sp³-hybridized carbons (Fsp3) is 0.500. The molecule has 1 N–H and O–H groups in total. The van der Waals surface area contributed by atoms with E-state index in [1.807, 2.05) is 0 Å². The van der Waals surface area contributed by atoms with Crippen molar-refractivity contribution in [1.29, 1.82) is 0 Å². The molecule has 10 nitrogen and oxygen atoms in total. The molecule has 34 heavy (non-hydrogen) atoms. The van der Waals surface area contributed by atoms with E-state index in [1.54, 1.807) is 26.4 Å². The lowest BCUT2D eigenvalue weighted by Gasteiger charge is -2.34. The molecule has 5 rings (SSSR count). The highest BCUT2D eigenvalue weighted by Crippen LogP contribution is 2.32. The molecule has 1 fully saturated rings. The van der Waals surface area contributed by atoms with Crippen LogP contribution >= 0.6 is 0 Å². The van der Waals surface area contributed by atoms with Crippen LogP contribution < -0.4 is 24.8 Å². The molecule has 3 aromatic rings. The summed E-state index contributed by atoms with van der Waals surface area (Å²) >= 11 is 0. The third-order valence-electron chi connectivity index (χ3n) is 6.39. The topological polar surface area (TPSA) is 106 Å². The molecule has 2 aromatic heterocycles. The first-order chi connectivity index (χ1) is 16.5. The number of nitrogens with one attached hydrogen (secondary N) is 1. The number of fused-ring (bicyclic) bond motifs is 2. The van der Waals surface area contributed by atoms with Gasteiger partial charge in [-0.1, -0.05) is 13.8 Å². The molecule has 0 radical (unpaired) electrons. The van der Waals surface area contributed by atoms with Crippen LogP contribution in [-0.4, -0.2) is 67.0 Å². The summed E-state index contributed by atoms with van der Waals surface area (Å²) in [5.41, 5.74) is 2.51. The maximum absolute atomic E-state index is 12.9. The molecular weight excluding hydrogens is 436 g/mol. The number of hydrogen-bond acceptors (Lipinski definition) is 9. The summed E-state index contributed by atoms with van der Waals surface area (Å²) in [7, 11) is 3.11. The number of aromatic nitrogens is 4. The van der Waals surface area contributed by atoms with E-state index in [-0.39, 0.29) is 11.5 Å². The van der Waals surface area contributed by atoms with Gasteiger partial charge in [-0.05, 0) is 12.5 Å². The van der Waals surface area contributed by atoms with E-state index in [2.05, 4.69) is 28.6 Å². The van der Waals surface area contributed by atoms with Gasteiger partial charge in [-0.2, -0.15) is 0 Å². The number of ether oxygens (including phenoxy) is 3. The smallest absolute Gasteiger partial charge is 0.260 e. The number of morpholine rings is 1. The Balaban J connectivity index is 1.53. The first-order valence-corrected chi connectivity index (χ1v) is 11.6. The molecule has 0 saturated carbocycles. The Morgan fingerprint density at radius 2 is 1.74 bits per heavy atom. The van der Waals surface area contributed by atoms with Gasteiger partial charge in [0.15, 0.2) is 11.5 Å². The van der Waals surface area contributed by atoms with Gasteiger partial charge in [0, 0.05) is 37.2 Å². The van der Waals surface area contributed by atoms with Gasteiger partial charge in [0.25, 0.3) is 5.56 Å². The van der Waals surface area contributed by atoms with E-state index >= 15 is 0 Å². The Morgan fingerprint density at radius 1 is 1.00 bits per heavy atom. The number of H-pyrrole nitrogens is 1. The van der Waals surface area contributed by atoms with Crippen molar-refractivity contribution in [3.05, 3.63) is 39.6 Å². The van der Waals surface area contributed by atoms with Gasteiger partial charge >= 0.3 is 0 Å². The Bertz CT molecular complexity index is 1270. The van der Waals surface area contributed by atoms with Crippen LogP contribution in [0.3, 0.4) is 0 Å². The van der Waals surface area contributed by atoms with Gasteiger partial charge in [-0.25, -0.2) is 15.0 Å². The molecule has 1 saturated heterocycles. The standard InChI is InChI=1S/C24H30N6O4/c1-14(2)21-25-18-13-30(6-5-15(18)22(27-21)29-7-9-34-10-8-29)24-26-17-12-20(33-4)19(32-3)11-16(17)23(31)28-24/h11-12,14H,5-10,13H2,1-4H3,(H,26,28,31). The molecule has 1 aromatic carbocycles. The van der Waals surface area contributed by atoms with Crippen molar-refractivity contribution in [2.75, 3.05) is 56.9 Å². The SMILES string of the molecule is COc1cc2nc(N3CCc4c(nc(C(C)C)nc4N4CCOCC4)C3)[nH]c(=O)c2cc1OC. The molecule has 0 aliphatic carbocycles. The van der Waals surface area contributed by atoms with Crippen molar-refractivity contribution < 1.29 is 14.2 Å². The van der Waals surface area contributed by atoms with Gasteiger partial charge in [0.2, 0.25) is 5.95 Å². The van der Waals surface area contributed by atoms with Crippen molar-refractivity contribution in [2.24, 2.45) is 0 Å². The molecule has 0 unspecified atom stereocenters. The summed E-state index contributed by atoms with van der Waals surface area (Å²) in [5.74, 6) is 3.62. The van der Waals surface area contributed by atoms with E-state index in [1.165, 1.54) is 5.56 Å². The largest absolute Gasteiger partial charge is 0.493 e. The Kier molecular flexibility index (Phi) is 5.99. The number of hydrogen-bond donors (Lipinski definition) is 1. The number of aromatic amines is 1. The van der Waals surface area contributed by atoms with E-state index in [9.17, 15) is 4.79 Å². The lowest BCUT2D eigenvalue weighted by Crippen LogP contribution is -2.40. The summed E-state index contributed by atoms with van der Waals surface area (Å²) in [4.78, 5) is 34.8. The second-order valence-corrected chi connectivity index (χ2v) is 8.87. The normalized spacial score (nSPS) is 16.1. The van der Waals surface area contributed by atoms with Crippen LogP contribution in [0.2, 0.25) is 0 Å². The van der Waals surface area contributed by atoms with Gasteiger partial charge < -0.3 is 24.0 Å². The molecule has 10 heteroatoms. The fourth-order valence-corrected chi connectivity index (χ4v) is 4.51. The Hall–Kier alpha value is -3.40. The summed E-state index contributed by atoms with van der Waals surface area (Å²) in [5, 5.41) is 0.456. The Morgan fingerprint density at radius 3 is 2.44 bits per heavy atom. The van der Waals surface area contributed by atoms with Crippen LogP contribution in [0.1, 0.15) is 36.8 Å². The summed E-state index contributed by atoms with van der Waals surface area (Å²) in [6.45, 7) is 8.54. The third kappa shape index (κ3) is 4.02. The minimum absolute atomic E-state index is 0.210. The predicted octanol–water partition coefficient (Wildman–Crippen LogP) is 2.25. The molecule has 180 valence electrons. The van der Waals surface area contributed by atoms with Crippen LogP contribution in [0.5, 0.6) is 11.5 Å². The molecular formula is C24H30N6O4. The molecule has 0 spiro atoms. The van der Waals surface area contributed by atoms with Crippen LogP contribution in [0.25, 0.3) is 10.9 Å². The number of rotatable bonds is 5. The van der Waals surface area contributed by atoms with Crippen molar-refractivity contribution >= 4 is 22.7 Å². The molecule has 0 amide bonds. The highest BCUT2D eigenvalue weighted by Gasteiger charge is 2.28. The zero-order valence-electron chi connectivity index (χ0n) is 20.1. The van der Waals surface area contributed by atoms with Gasteiger partial charge in [-0.15, -0.1) is 0 Å². The quantitative estimate of drug-likeness (QED) is 0.606. The zero-order chi connectivity index (χ0) is 23.8. The highest BCUT2D eigenvalue weighted by atomic mass is 16.5. The second-order valence-electron chi connectivity index (χ2n) is 8.87. The molecule has 4 heterocycles. The summed E-state index contributed by atoms with van der Waals surface area (Å²) < 4.78 is 16.3. The van der Waals surface area contributed by atoms with E-state index < -0.39 is 0 Å². The van der Waals surface area contributed by atoms with E-state index in [0.29, 0.717) is 54.7 Å². The van der Waals surface area contributed by atoms with Crippen molar-refractivity contribution in [1.82, 2.24) is 19.9 Å². The minimum atomic E-state index is -0.216. The number of benzene rings is 1. The summed E-state index contributed by atoms with van der Waals surface area (Å²) in [6.07, 6.45) is 0.772. The fourth-order valence-electron chi connectivity index (χ4n) is 4.51. The molecule has 0 bridgehead atoms. The lowest BCUT2D eigenvalue weighted by atomic mass is 10.0. The second kappa shape index (κ2) is 9.09. The maximum atomic E-state index is 12.9. The number of nitrogens with zero attached hydrogens (tertiary/aromatic N) is 5. The van der Waals surface area contributed by atoms with Crippen LogP contribution in [0, 0.1) is 0 Å². The minimum Gasteiger partial charge on any atom is -0.493 e. The van der Waals surface area contributed by atoms with Gasteiger partial charge in [-0.3, -0.25) is 9.78 Å². The van der Waals surface area contributed by atoms with Crippen molar-refractivity contribution in [2.45, 2.75) is 32.7 Å². The number of anilines is 2. The van der Waals surface area contributed by atoms with Crippen molar-refractivity contribution in [3.63, 3.8) is 0 Å². The van der Waals surface area contributed by atoms with Gasteiger partial charge in [0.1, 0.15) is 11.6 Å². The monoisotopic (exact) mass is 466 g/mol. The average molecular weight is 467 g/mol. The van der Waals surface area contributed by atoms with Crippen LogP contribution in [0.4, 0.5) is 11.8 Å². The first-order valence-electron chi connectivity index (χ1n) is 11.6. The first kappa shape index (κ1) is 22.4. The summed E-state index contributed by atoms with van der Waals surface area (Å²) in [6, 6.07) is 3.40. The predicted molar refractivity (Wildman–Crippen MR) is 129 cm³/mol. The van der Waals surface area contributed by atoms with E-state index in [0.717, 1.165) is 36.8 Å². The zero-order valence-corrected chi connectivity index (χ0v) is 20.1. The van der Waals surface area contributed by atoms with E-state index in [4.69, 9.17) is 29.2 Å². The maximum Gasteiger partial charge on any atom is 0.260 e. The number of methoxy groups -OCH3 is 2. The molecule has 2 aliphatic rings. The van der Waals surface area contributed by atoms with Gasteiger partial charge in [0.05, 0.1) is 50.6 Å². The average Bonchev–Trinajstić information content (AvgIpc) is 2.87. The van der Waals surface area contributed by atoms with Crippen LogP contribution in [0.15, 0.2) is 16.9 Å². The Labute approximate surface area is 197 Å². The molecule has 0 atom stereocenters. The van der Waals surface area contributed by atoms with Crippen molar-refractivity contribution in [3.8, 4) is 11.5 Å². The third-order valence-corrected chi connectivity index (χ3v) is 6.39. The van der Waals surface area contributed by atoms with Crippen LogP contribution in [-0.2, 0) is 17.7 Å². The highest BCUT2D eigenvalue weighted by molar-refractivity contribution is 5.82.